The molecule has 0 saturated heterocycles. The first-order valence-electron chi connectivity index (χ1n) is 6.06. The van der Waals surface area contributed by atoms with Gasteiger partial charge in [-0.25, -0.2) is 5.01 Å². The third-order valence-corrected chi connectivity index (χ3v) is 3.19. The predicted molar refractivity (Wildman–Crippen MR) is 72.9 cm³/mol. The maximum Gasteiger partial charge on any atom is 0.297 e. The third kappa shape index (κ3) is 2.35. The van der Waals surface area contributed by atoms with Gasteiger partial charge < -0.3 is 0 Å². The van der Waals surface area contributed by atoms with Gasteiger partial charge in [-0.05, 0) is 18.6 Å². The average Bonchev–Trinajstić information content (AvgIpc) is 2.64. The van der Waals surface area contributed by atoms with E-state index in [0.717, 1.165) is 16.4 Å². The summed E-state index contributed by atoms with van der Waals surface area (Å²) in [5, 5.41) is 1.37. The highest BCUT2D eigenvalue weighted by Gasteiger charge is 2.40. The number of nitrogens with zero attached hydrogens (tertiary/aromatic N) is 2. The van der Waals surface area contributed by atoms with Gasteiger partial charge in [0, 0.05) is 6.54 Å². The second kappa shape index (κ2) is 5.44. The molecule has 0 fully saturated rings. The fourth-order valence-electron chi connectivity index (χ4n) is 1.98. The Labute approximate surface area is 116 Å². The van der Waals surface area contributed by atoms with Crippen LogP contribution in [0.1, 0.15) is 40.5 Å². The lowest BCUT2D eigenvalue weighted by Crippen LogP contribution is -2.48. The number of amides is 3. The summed E-state index contributed by atoms with van der Waals surface area (Å²) in [6, 6.07) is 6.53. The minimum absolute atomic E-state index is 0.296. The molecule has 100 valence electrons. The molecule has 1 aromatic carbocycles. The van der Waals surface area contributed by atoms with Crippen molar-refractivity contribution < 1.29 is 14.4 Å². The first-order chi connectivity index (χ1) is 9.07. The van der Waals surface area contributed by atoms with Crippen molar-refractivity contribution in [3.63, 3.8) is 0 Å². The van der Waals surface area contributed by atoms with Crippen LogP contribution < -0.4 is 0 Å². The van der Waals surface area contributed by atoms with Crippen LogP contribution in [0.4, 0.5) is 4.79 Å². The molecule has 0 spiro atoms. The van der Waals surface area contributed by atoms with E-state index in [9.17, 15) is 14.4 Å². The Morgan fingerprint density at radius 1 is 1.21 bits per heavy atom. The van der Waals surface area contributed by atoms with Gasteiger partial charge in [0.1, 0.15) is 0 Å². The van der Waals surface area contributed by atoms with Gasteiger partial charge in [0.25, 0.3) is 17.1 Å². The van der Waals surface area contributed by atoms with Gasteiger partial charge in [0.15, 0.2) is 0 Å². The third-order valence-electron chi connectivity index (χ3n) is 2.96. The molecule has 0 aliphatic carbocycles. The van der Waals surface area contributed by atoms with E-state index in [-0.39, 0.29) is 0 Å². The second-order valence-corrected chi connectivity index (χ2v) is 4.61. The Hall–Kier alpha value is -1.82. The molecule has 0 saturated carbocycles. The zero-order valence-corrected chi connectivity index (χ0v) is 11.4. The van der Waals surface area contributed by atoms with Crippen molar-refractivity contribution in [3.05, 3.63) is 35.4 Å². The summed E-state index contributed by atoms with van der Waals surface area (Å²) >= 11 is 3.74. The van der Waals surface area contributed by atoms with Crippen molar-refractivity contribution >= 4 is 29.7 Å². The van der Waals surface area contributed by atoms with Crippen molar-refractivity contribution in [1.29, 1.82) is 0 Å². The van der Waals surface area contributed by atoms with Crippen molar-refractivity contribution in [3.8, 4) is 0 Å². The van der Waals surface area contributed by atoms with Gasteiger partial charge in [-0.1, -0.05) is 38.1 Å². The quantitative estimate of drug-likeness (QED) is 0.679. The summed E-state index contributed by atoms with van der Waals surface area (Å²) in [6.07, 6.45) is 1.54. The Morgan fingerprint density at radius 3 is 2.16 bits per heavy atom. The van der Waals surface area contributed by atoms with Gasteiger partial charge in [-0.15, -0.1) is 0 Å². The molecule has 0 radical (unpaired) electrons. The molecular formula is C13H14N2O3S. The van der Waals surface area contributed by atoms with E-state index < -0.39 is 17.1 Å². The van der Waals surface area contributed by atoms with E-state index >= 15 is 0 Å². The van der Waals surface area contributed by atoms with Gasteiger partial charge in [-0.2, -0.15) is 5.01 Å². The van der Waals surface area contributed by atoms with E-state index in [1.807, 2.05) is 6.92 Å². The average molecular weight is 278 g/mol. The first kappa shape index (κ1) is 13.6. The molecule has 0 aromatic heterocycles. The molecule has 0 bridgehead atoms. The fourth-order valence-corrected chi connectivity index (χ4v) is 2.17. The lowest BCUT2D eigenvalue weighted by molar-refractivity contribution is 0.0226. The van der Waals surface area contributed by atoms with Gasteiger partial charge in [0.2, 0.25) is 0 Å². The van der Waals surface area contributed by atoms with Crippen LogP contribution >= 0.6 is 12.6 Å². The standard InChI is InChI=1S/C13H14N2O3S/c1-2-3-8-14(13(18)19)15-11(16)9-6-4-5-7-10(9)12(15)17/h4-7H,2-3,8H2,1H3,(H,18,19). The number of hydrogen-bond donors (Lipinski definition) is 1. The minimum atomic E-state index is -0.608. The van der Waals surface area contributed by atoms with E-state index in [4.69, 9.17) is 0 Å². The van der Waals surface area contributed by atoms with Gasteiger partial charge >= 0.3 is 0 Å². The molecule has 5 nitrogen and oxygen atoms in total. The summed E-state index contributed by atoms with van der Waals surface area (Å²) in [6.45, 7) is 2.26. The SMILES string of the molecule is CCCCN(C(=O)S)N1C(=O)c2ccccc2C1=O. The zero-order chi connectivity index (χ0) is 14.0. The Bertz CT molecular complexity index is 509. The molecule has 0 atom stereocenters. The van der Waals surface area contributed by atoms with Crippen LogP contribution in [0.2, 0.25) is 0 Å². The number of carbonyl (C=O) groups excluding carboxylic acids is 3. The molecule has 0 N–H and O–H groups in total. The van der Waals surface area contributed by atoms with Crippen LogP contribution in [0.3, 0.4) is 0 Å². The lowest BCUT2D eigenvalue weighted by Gasteiger charge is -2.28. The van der Waals surface area contributed by atoms with Crippen LogP contribution in [0, 0.1) is 0 Å². The zero-order valence-electron chi connectivity index (χ0n) is 10.5. The first-order valence-corrected chi connectivity index (χ1v) is 6.50. The van der Waals surface area contributed by atoms with E-state index in [0.29, 0.717) is 24.1 Å². The lowest BCUT2D eigenvalue weighted by atomic mass is 10.1. The summed E-state index contributed by atoms with van der Waals surface area (Å²) in [5.74, 6) is -0.946. The molecule has 1 aliphatic heterocycles. The maximum atomic E-state index is 12.2. The number of thiol groups is 1. The number of fused-ring (bicyclic) bond motifs is 1. The number of imide groups is 1. The molecule has 0 unspecified atom stereocenters. The van der Waals surface area contributed by atoms with Gasteiger partial charge in [0.05, 0.1) is 11.1 Å². The number of hydrazine groups is 1. The van der Waals surface area contributed by atoms with E-state index in [2.05, 4.69) is 12.6 Å². The number of benzene rings is 1. The molecule has 1 aromatic rings. The number of hydrogen-bond acceptors (Lipinski definition) is 3. The van der Waals surface area contributed by atoms with E-state index in [1.165, 1.54) is 0 Å². The summed E-state index contributed by atoms with van der Waals surface area (Å²) in [7, 11) is 0. The van der Waals surface area contributed by atoms with Crippen LogP contribution in [-0.2, 0) is 0 Å². The number of unbranched alkanes of at least 4 members (excludes halogenated alkanes) is 1. The van der Waals surface area contributed by atoms with Crippen LogP contribution in [0.5, 0.6) is 0 Å². The Balaban J connectivity index is 2.33. The highest BCUT2D eigenvalue weighted by molar-refractivity contribution is 7.96. The molecule has 3 amide bonds. The molecular weight excluding hydrogens is 264 g/mol. The maximum absolute atomic E-state index is 12.2. The smallest absolute Gasteiger partial charge is 0.267 e. The number of rotatable bonds is 4. The number of carbonyl (C=O) groups is 3. The molecule has 6 heteroatoms. The summed E-state index contributed by atoms with van der Waals surface area (Å²) in [4.78, 5) is 35.9. The Morgan fingerprint density at radius 2 is 1.74 bits per heavy atom. The van der Waals surface area contributed by atoms with Crippen LogP contribution in [-0.4, -0.2) is 33.6 Å². The van der Waals surface area contributed by atoms with Crippen LogP contribution in [0.25, 0.3) is 0 Å². The largest absolute Gasteiger partial charge is 0.297 e. The van der Waals surface area contributed by atoms with E-state index in [1.54, 1.807) is 24.3 Å². The summed E-state index contributed by atoms with van der Waals surface area (Å²) < 4.78 is 0. The van der Waals surface area contributed by atoms with Crippen molar-refractivity contribution in [2.45, 2.75) is 19.8 Å². The fraction of sp³-hybridized carbons (Fsp3) is 0.308. The minimum Gasteiger partial charge on any atom is -0.267 e. The molecule has 2 rings (SSSR count). The molecule has 1 heterocycles. The topological polar surface area (TPSA) is 57.7 Å². The van der Waals surface area contributed by atoms with Crippen molar-refractivity contribution in [1.82, 2.24) is 10.0 Å². The Kier molecular flexibility index (Phi) is 3.90. The van der Waals surface area contributed by atoms with Crippen molar-refractivity contribution in [2.24, 2.45) is 0 Å². The van der Waals surface area contributed by atoms with Crippen LogP contribution in [0.15, 0.2) is 24.3 Å². The normalized spacial score (nSPS) is 13.7. The second-order valence-electron chi connectivity index (χ2n) is 4.23. The molecule has 19 heavy (non-hydrogen) atoms. The molecule has 1 aliphatic rings. The highest BCUT2D eigenvalue weighted by Crippen LogP contribution is 2.24. The van der Waals surface area contributed by atoms with Crippen molar-refractivity contribution in [2.75, 3.05) is 6.54 Å². The van der Waals surface area contributed by atoms with Gasteiger partial charge in [-0.3, -0.25) is 14.4 Å². The monoisotopic (exact) mass is 278 g/mol. The highest BCUT2D eigenvalue weighted by atomic mass is 32.1. The predicted octanol–water partition coefficient (Wildman–Crippen LogP) is 2.35. The summed E-state index contributed by atoms with van der Waals surface area (Å²) in [5.41, 5.74) is 0.646.